The Labute approximate surface area is 159 Å². The number of nitrogens with zero attached hydrogens (tertiary/aromatic N) is 3. The second-order valence-corrected chi connectivity index (χ2v) is 7.41. The number of benzene rings is 1. The van der Waals surface area contributed by atoms with Crippen LogP contribution in [0.5, 0.6) is 5.75 Å². The van der Waals surface area contributed by atoms with Gasteiger partial charge in [0.25, 0.3) is 0 Å². The summed E-state index contributed by atoms with van der Waals surface area (Å²) in [5.74, 6) is 1.26. The van der Waals surface area contributed by atoms with Gasteiger partial charge in [-0.2, -0.15) is 0 Å². The lowest BCUT2D eigenvalue weighted by atomic mass is 10.2. The molecule has 3 rings (SSSR count). The summed E-state index contributed by atoms with van der Waals surface area (Å²) in [5, 5.41) is 0.579. The highest BCUT2D eigenvalue weighted by Gasteiger charge is 2.19. The van der Waals surface area contributed by atoms with E-state index in [0.717, 1.165) is 23.3 Å². The van der Waals surface area contributed by atoms with E-state index in [2.05, 4.69) is 9.97 Å². The molecule has 26 heavy (non-hydrogen) atoms. The average molecular weight is 394 g/mol. The molecule has 0 aliphatic rings. The fourth-order valence-corrected chi connectivity index (χ4v) is 3.69. The standard InChI is InChI=1S/C18H20ClN3O3S/c1-12-16(25-10-4-9-24-2)7-8-20-17(12)18-21-14-11-13(19)5-6-15(14)22(18)26(3)23/h5-8,11H,4,9-10H2,1-3H3. The minimum atomic E-state index is -1.30. The number of halogens is 1. The number of hydrogen-bond donors (Lipinski definition) is 0. The van der Waals surface area contributed by atoms with Gasteiger partial charge in [0, 0.05) is 43.2 Å². The quantitative estimate of drug-likeness (QED) is 0.573. The van der Waals surface area contributed by atoms with E-state index in [1.165, 1.54) is 0 Å². The molecule has 1 atom stereocenters. The largest absolute Gasteiger partial charge is 0.493 e. The molecule has 8 heteroatoms. The lowest BCUT2D eigenvalue weighted by molar-refractivity contribution is 0.172. The third-order valence-corrected chi connectivity index (χ3v) is 5.07. The SMILES string of the molecule is COCCCOc1ccnc(-c2nc3cc(Cl)ccc3n2S(C)=O)c1C. The van der Waals surface area contributed by atoms with Crippen LogP contribution in [0.4, 0.5) is 0 Å². The number of fused-ring (bicyclic) bond motifs is 1. The van der Waals surface area contributed by atoms with Crippen molar-refractivity contribution in [3.05, 3.63) is 41.0 Å². The van der Waals surface area contributed by atoms with Gasteiger partial charge in [0.15, 0.2) is 5.82 Å². The predicted octanol–water partition coefficient (Wildman–Crippen LogP) is 3.62. The summed E-state index contributed by atoms with van der Waals surface area (Å²) >= 11 is 6.07. The molecule has 1 aromatic carbocycles. The van der Waals surface area contributed by atoms with Gasteiger partial charge >= 0.3 is 0 Å². The minimum absolute atomic E-state index is 0.531. The van der Waals surface area contributed by atoms with Crippen LogP contribution < -0.4 is 4.74 Å². The van der Waals surface area contributed by atoms with E-state index in [9.17, 15) is 4.21 Å². The molecule has 0 spiro atoms. The third-order valence-electron chi connectivity index (χ3n) is 3.95. The van der Waals surface area contributed by atoms with Crippen molar-refractivity contribution in [1.82, 2.24) is 13.9 Å². The van der Waals surface area contributed by atoms with Gasteiger partial charge < -0.3 is 9.47 Å². The van der Waals surface area contributed by atoms with E-state index in [-0.39, 0.29) is 0 Å². The smallest absolute Gasteiger partial charge is 0.172 e. The van der Waals surface area contributed by atoms with Gasteiger partial charge in [0.1, 0.15) is 22.4 Å². The van der Waals surface area contributed by atoms with Gasteiger partial charge in [-0.3, -0.25) is 4.98 Å². The Bertz CT molecular complexity index is 958. The summed E-state index contributed by atoms with van der Waals surface area (Å²) < 4.78 is 24.9. The summed E-state index contributed by atoms with van der Waals surface area (Å²) in [6.45, 7) is 3.11. The Kier molecular flexibility index (Phi) is 5.90. The number of methoxy groups -OCH3 is 1. The van der Waals surface area contributed by atoms with Crippen LogP contribution in [0.2, 0.25) is 5.02 Å². The van der Waals surface area contributed by atoms with Crippen LogP contribution in [0.25, 0.3) is 22.6 Å². The van der Waals surface area contributed by atoms with Gasteiger partial charge in [-0.1, -0.05) is 11.6 Å². The second kappa shape index (κ2) is 8.16. The predicted molar refractivity (Wildman–Crippen MR) is 104 cm³/mol. The molecule has 0 saturated carbocycles. The molecule has 3 aromatic rings. The number of rotatable bonds is 7. The third kappa shape index (κ3) is 3.75. The molecule has 0 saturated heterocycles. The molecule has 0 N–H and O–H groups in total. The van der Waals surface area contributed by atoms with E-state index in [0.29, 0.717) is 35.3 Å². The summed E-state index contributed by atoms with van der Waals surface area (Å²) in [4.78, 5) is 9.08. The van der Waals surface area contributed by atoms with E-state index >= 15 is 0 Å². The first-order valence-corrected chi connectivity index (χ1v) is 10.0. The molecular formula is C18H20ClN3O3S. The maximum absolute atomic E-state index is 12.4. The molecule has 6 nitrogen and oxygen atoms in total. The average Bonchev–Trinajstić information content (AvgIpc) is 2.98. The van der Waals surface area contributed by atoms with Crippen molar-refractivity contribution in [3.8, 4) is 17.3 Å². The molecule has 0 aliphatic carbocycles. The Morgan fingerprint density at radius 1 is 1.27 bits per heavy atom. The minimum Gasteiger partial charge on any atom is -0.493 e. The second-order valence-electron chi connectivity index (χ2n) is 5.76. The molecule has 0 bridgehead atoms. The zero-order valence-corrected chi connectivity index (χ0v) is 16.4. The number of aromatic nitrogens is 3. The highest BCUT2D eigenvalue weighted by atomic mass is 35.5. The Morgan fingerprint density at radius 3 is 2.81 bits per heavy atom. The number of hydrogen-bond acceptors (Lipinski definition) is 5. The van der Waals surface area contributed by atoms with Crippen molar-refractivity contribution in [3.63, 3.8) is 0 Å². The molecular weight excluding hydrogens is 374 g/mol. The molecule has 0 amide bonds. The van der Waals surface area contributed by atoms with Crippen molar-refractivity contribution in [1.29, 1.82) is 0 Å². The molecule has 0 fully saturated rings. The normalized spacial score (nSPS) is 12.5. The van der Waals surface area contributed by atoms with Gasteiger partial charge in [-0.25, -0.2) is 13.2 Å². The first kappa shape index (κ1) is 18.8. The van der Waals surface area contributed by atoms with Crippen molar-refractivity contribution in [2.75, 3.05) is 26.6 Å². The Hall–Kier alpha value is -1.96. The molecule has 2 aromatic heterocycles. The summed E-state index contributed by atoms with van der Waals surface area (Å²) in [5.41, 5.74) is 2.91. The number of imidazole rings is 1. The van der Waals surface area contributed by atoms with E-state index in [1.54, 1.807) is 35.7 Å². The number of pyridine rings is 1. The van der Waals surface area contributed by atoms with Gasteiger partial charge in [-0.15, -0.1) is 0 Å². The van der Waals surface area contributed by atoms with Crippen LogP contribution in [0.1, 0.15) is 12.0 Å². The van der Waals surface area contributed by atoms with Gasteiger partial charge in [0.05, 0.1) is 17.6 Å². The monoisotopic (exact) mass is 393 g/mol. The molecule has 2 heterocycles. The summed E-state index contributed by atoms with van der Waals surface area (Å²) in [6.07, 6.45) is 4.08. The van der Waals surface area contributed by atoms with Crippen molar-refractivity contribution < 1.29 is 13.7 Å². The van der Waals surface area contributed by atoms with Gasteiger partial charge in [0.2, 0.25) is 0 Å². The van der Waals surface area contributed by atoms with Gasteiger partial charge in [-0.05, 0) is 31.2 Å². The van der Waals surface area contributed by atoms with E-state index in [4.69, 9.17) is 21.1 Å². The molecule has 138 valence electrons. The lowest BCUT2D eigenvalue weighted by Crippen LogP contribution is -2.07. The van der Waals surface area contributed by atoms with E-state index in [1.807, 2.05) is 19.1 Å². The highest BCUT2D eigenvalue weighted by Crippen LogP contribution is 2.31. The lowest BCUT2D eigenvalue weighted by Gasteiger charge is -2.12. The zero-order valence-electron chi connectivity index (χ0n) is 14.9. The summed E-state index contributed by atoms with van der Waals surface area (Å²) in [7, 11) is 0.364. The van der Waals surface area contributed by atoms with Crippen LogP contribution in [0.15, 0.2) is 30.5 Å². The first-order chi connectivity index (χ1) is 12.5. The maximum atomic E-state index is 12.4. The van der Waals surface area contributed by atoms with Crippen molar-refractivity contribution >= 4 is 33.6 Å². The van der Waals surface area contributed by atoms with Crippen molar-refractivity contribution in [2.45, 2.75) is 13.3 Å². The Balaban J connectivity index is 2.06. The van der Waals surface area contributed by atoms with Crippen LogP contribution in [-0.4, -0.2) is 44.7 Å². The Morgan fingerprint density at radius 2 is 2.08 bits per heavy atom. The van der Waals surface area contributed by atoms with Crippen LogP contribution in [-0.2, 0) is 15.7 Å². The summed E-state index contributed by atoms with van der Waals surface area (Å²) in [6, 6.07) is 7.15. The maximum Gasteiger partial charge on any atom is 0.172 e. The van der Waals surface area contributed by atoms with E-state index < -0.39 is 11.0 Å². The number of ether oxygens (including phenoxy) is 2. The molecule has 0 aliphatic heterocycles. The first-order valence-electron chi connectivity index (χ1n) is 8.12. The fraction of sp³-hybridized carbons (Fsp3) is 0.333. The van der Waals surface area contributed by atoms with Crippen LogP contribution in [0.3, 0.4) is 0 Å². The molecule has 1 unspecified atom stereocenters. The fourth-order valence-electron chi connectivity index (χ4n) is 2.73. The van der Waals surface area contributed by atoms with Crippen LogP contribution >= 0.6 is 11.6 Å². The molecule has 0 radical (unpaired) electrons. The van der Waals surface area contributed by atoms with Crippen molar-refractivity contribution in [2.24, 2.45) is 0 Å². The topological polar surface area (TPSA) is 66.2 Å². The van der Waals surface area contributed by atoms with Crippen LogP contribution in [0, 0.1) is 6.92 Å². The highest BCUT2D eigenvalue weighted by molar-refractivity contribution is 7.83. The zero-order chi connectivity index (χ0) is 18.7.